The van der Waals surface area contributed by atoms with Gasteiger partial charge in [-0.1, -0.05) is 6.92 Å². The number of nitrogens with one attached hydrogen (secondary N) is 1. The average Bonchev–Trinajstić information content (AvgIpc) is 2.45. The normalized spacial score (nSPS) is 13.4. The number of nitro groups is 1. The Bertz CT molecular complexity index is 514. The summed E-state index contributed by atoms with van der Waals surface area (Å²) >= 11 is 0. The summed E-state index contributed by atoms with van der Waals surface area (Å²) < 4.78 is 4.53. The Morgan fingerprint density at radius 3 is 2.70 bits per heavy atom. The molecule has 1 aromatic rings. The molecule has 0 fully saturated rings. The summed E-state index contributed by atoms with van der Waals surface area (Å²) in [5.41, 5.74) is -1.09. The fraction of sp³-hybridized carbons (Fsp3) is 0.500. The number of anilines is 1. The van der Waals surface area contributed by atoms with Gasteiger partial charge in [-0.2, -0.15) is 0 Å². The highest BCUT2D eigenvalue weighted by Gasteiger charge is 2.27. The van der Waals surface area contributed by atoms with Crippen molar-refractivity contribution in [1.29, 1.82) is 0 Å². The van der Waals surface area contributed by atoms with E-state index in [0.29, 0.717) is 6.42 Å². The maximum Gasteiger partial charge on any atom is 0.356 e. The number of nitrogens with zero attached hydrogens (tertiary/aromatic N) is 2. The van der Waals surface area contributed by atoms with Gasteiger partial charge in [-0.3, -0.25) is 10.1 Å². The minimum atomic E-state index is -0.771. The van der Waals surface area contributed by atoms with Crippen molar-refractivity contribution in [2.75, 3.05) is 19.0 Å². The van der Waals surface area contributed by atoms with Crippen molar-refractivity contribution in [3.8, 4) is 0 Å². The molecule has 0 aliphatic heterocycles. The zero-order valence-corrected chi connectivity index (χ0v) is 11.5. The fourth-order valence-electron chi connectivity index (χ4n) is 1.43. The number of carbonyl (C=O) groups excluding carboxylic acids is 1. The van der Waals surface area contributed by atoms with Gasteiger partial charge < -0.3 is 15.2 Å². The van der Waals surface area contributed by atoms with Gasteiger partial charge in [0, 0.05) is 6.07 Å². The number of hydrogen-bond acceptors (Lipinski definition) is 7. The lowest BCUT2D eigenvalue weighted by molar-refractivity contribution is -0.384. The molecule has 110 valence electrons. The summed E-state index contributed by atoms with van der Waals surface area (Å²) in [6.07, 6.45) is 0.519. The van der Waals surface area contributed by atoms with Crippen LogP contribution in [0.15, 0.2) is 12.1 Å². The lowest BCUT2D eigenvalue weighted by Crippen LogP contribution is -2.38. The molecule has 1 aromatic heterocycles. The topological polar surface area (TPSA) is 115 Å². The molecule has 8 heteroatoms. The molecule has 1 atom stereocenters. The summed E-state index contributed by atoms with van der Waals surface area (Å²) in [4.78, 5) is 25.7. The van der Waals surface area contributed by atoms with Crippen molar-refractivity contribution in [2.24, 2.45) is 0 Å². The zero-order valence-electron chi connectivity index (χ0n) is 11.5. The second-order valence-corrected chi connectivity index (χ2v) is 4.51. The highest BCUT2D eigenvalue weighted by Crippen LogP contribution is 2.26. The first-order valence-electron chi connectivity index (χ1n) is 5.99. The summed E-state index contributed by atoms with van der Waals surface area (Å²) in [5, 5.41) is 23.1. The number of carbonyl (C=O) groups is 1. The SMILES string of the molecule is CCC(C)(CO)Nc1nc(C(=O)OC)ccc1[N+](=O)[O-]. The number of rotatable bonds is 6. The van der Waals surface area contributed by atoms with Crippen LogP contribution in [0.3, 0.4) is 0 Å². The van der Waals surface area contributed by atoms with Crippen LogP contribution in [-0.4, -0.2) is 40.2 Å². The number of ether oxygens (including phenoxy) is 1. The third-order valence-electron chi connectivity index (χ3n) is 3.01. The van der Waals surface area contributed by atoms with Crippen LogP contribution in [0.5, 0.6) is 0 Å². The molecule has 20 heavy (non-hydrogen) atoms. The Morgan fingerprint density at radius 1 is 1.60 bits per heavy atom. The summed E-state index contributed by atoms with van der Waals surface area (Å²) in [5.74, 6) is -0.763. The van der Waals surface area contributed by atoms with Gasteiger partial charge >= 0.3 is 11.7 Å². The van der Waals surface area contributed by atoms with Gasteiger partial charge in [0.25, 0.3) is 0 Å². The van der Waals surface area contributed by atoms with Crippen LogP contribution in [-0.2, 0) is 4.74 Å². The number of aromatic nitrogens is 1. The summed E-state index contributed by atoms with van der Waals surface area (Å²) in [6.45, 7) is 3.28. The van der Waals surface area contributed by atoms with Crippen LogP contribution in [0.25, 0.3) is 0 Å². The predicted octanol–water partition coefficient (Wildman–Crippen LogP) is 1.35. The van der Waals surface area contributed by atoms with Crippen LogP contribution >= 0.6 is 0 Å². The lowest BCUT2D eigenvalue weighted by atomic mass is 10.0. The van der Waals surface area contributed by atoms with Crippen LogP contribution in [0, 0.1) is 10.1 Å². The number of aliphatic hydroxyl groups is 1. The van der Waals surface area contributed by atoms with E-state index in [1.54, 1.807) is 6.92 Å². The minimum Gasteiger partial charge on any atom is -0.464 e. The first-order chi connectivity index (χ1) is 9.36. The van der Waals surface area contributed by atoms with Crippen molar-refractivity contribution in [3.63, 3.8) is 0 Å². The number of pyridine rings is 1. The molecule has 0 radical (unpaired) electrons. The molecule has 8 nitrogen and oxygen atoms in total. The van der Waals surface area contributed by atoms with Crippen molar-refractivity contribution in [1.82, 2.24) is 4.98 Å². The third kappa shape index (κ3) is 3.41. The van der Waals surface area contributed by atoms with Gasteiger partial charge in [-0.05, 0) is 19.4 Å². The Balaban J connectivity index is 3.25. The maximum atomic E-state index is 11.4. The first-order valence-corrected chi connectivity index (χ1v) is 5.99. The molecular formula is C12H17N3O5. The van der Waals surface area contributed by atoms with Crippen molar-refractivity contribution in [2.45, 2.75) is 25.8 Å². The summed E-state index contributed by atoms with van der Waals surface area (Å²) in [6, 6.07) is 2.40. The van der Waals surface area contributed by atoms with Gasteiger partial charge in [0.15, 0.2) is 5.69 Å². The molecule has 0 bridgehead atoms. The maximum absolute atomic E-state index is 11.4. The number of esters is 1. The summed E-state index contributed by atoms with van der Waals surface area (Å²) in [7, 11) is 1.20. The molecule has 0 saturated carbocycles. The highest BCUT2D eigenvalue weighted by molar-refractivity contribution is 5.88. The molecular weight excluding hydrogens is 266 g/mol. The number of hydrogen-bond donors (Lipinski definition) is 2. The van der Waals surface area contributed by atoms with E-state index in [9.17, 15) is 20.0 Å². The lowest BCUT2D eigenvalue weighted by Gasteiger charge is -2.27. The van der Waals surface area contributed by atoms with E-state index in [1.165, 1.54) is 19.2 Å². The third-order valence-corrected chi connectivity index (χ3v) is 3.01. The molecule has 0 aliphatic rings. The average molecular weight is 283 g/mol. The number of aliphatic hydroxyl groups excluding tert-OH is 1. The van der Waals surface area contributed by atoms with Gasteiger partial charge in [0.05, 0.1) is 24.2 Å². The van der Waals surface area contributed by atoms with E-state index >= 15 is 0 Å². The predicted molar refractivity (Wildman–Crippen MR) is 71.6 cm³/mol. The smallest absolute Gasteiger partial charge is 0.356 e. The quantitative estimate of drug-likeness (QED) is 0.460. The molecule has 1 unspecified atom stereocenters. The van der Waals surface area contributed by atoms with E-state index in [0.717, 1.165) is 0 Å². The van der Waals surface area contributed by atoms with Gasteiger partial charge in [-0.15, -0.1) is 0 Å². The molecule has 0 aliphatic carbocycles. The van der Waals surface area contributed by atoms with Crippen LogP contribution in [0.2, 0.25) is 0 Å². The van der Waals surface area contributed by atoms with E-state index in [2.05, 4.69) is 15.0 Å². The number of methoxy groups -OCH3 is 1. The molecule has 0 spiro atoms. The second kappa shape index (κ2) is 6.29. The fourth-order valence-corrected chi connectivity index (χ4v) is 1.43. The standard InChI is InChI=1S/C12H17N3O5/c1-4-12(2,7-16)14-10-9(15(18)19)6-5-8(13-10)11(17)20-3/h5-6,16H,4,7H2,1-3H3,(H,13,14). The van der Waals surface area contributed by atoms with E-state index in [4.69, 9.17) is 0 Å². The molecule has 2 N–H and O–H groups in total. The largest absolute Gasteiger partial charge is 0.464 e. The second-order valence-electron chi connectivity index (χ2n) is 4.51. The first kappa shape index (κ1) is 15.8. The molecule has 1 heterocycles. The molecule has 0 amide bonds. The van der Waals surface area contributed by atoms with E-state index in [-0.39, 0.29) is 23.8 Å². The van der Waals surface area contributed by atoms with Crippen LogP contribution in [0.4, 0.5) is 11.5 Å². The molecule has 0 saturated heterocycles. The van der Waals surface area contributed by atoms with Crippen LogP contribution in [0.1, 0.15) is 30.8 Å². The Morgan fingerprint density at radius 2 is 2.25 bits per heavy atom. The Hall–Kier alpha value is -2.22. The monoisotopic (exact) mass is 283 g/mol. The van der Waals surface area contributed by atoms with Gasteiger partial charge in [0.1, 0.15) is 0 Å². The van der Waals surface area contributed by atoms with E-state index < -0.39 is 16.4 Å². The van der Waals surface area contributed by atoms with Gasteiger partial charge in [0.2, 0.25) is 5.82 Å². The van der Waals surface area contributed by atoms with Gasteiger partial charge in [-0.25, -0.2) is 9.78 Å². The Labute approximate surface area is 115 Å². The highest BCUT2D eigenvalue weighted by atomic mass is 16.6. The Kier molecular flexibility index (Phi) is 4.98. The van der Waals surface area contributed by atoms with Crippen molar-refractivity contribution >= 4 is 17.5 Å². The molecule has 1 rings (SSSR count). The van der Waals surface area contributed by atoms with Crippen molar-refractivity contribution < 1.29 is 19.6 Å². The van der Waals surface area contributed by atoms with E-state index in [1.807, 2.05) is 6.92 Å². The minimum absolute atomic E-state index is 0.0445. The molecule has 0 aromatic carbocycles. The van der Waals surface area contributed by atoms with Crippen LogP contribution < -0.4 is 5.32 Å². The van der Waals surface area contributed by atoms with Crippen molar-refractivity contribution in [3.05, 3.63) is 27.9 Å². The zero-order chi connectivity index (χ0) is 15.3.